The first-order valence-corrected chi connectivity index (χ1v) is 7.89. The van der Waals surface area contributed by atoms with Crippen molar-refractivity contribution in [2.75, 3.05) is 11.5 Å². The molecule has 4 heteroatoms. The molecule has 1 aromatic heterocycles. The molecule has 1 atom stereocenters. The van der Waals surface area contributed by atoms with Gasteiger partial charge in [-0.15, -0.1) is 0 Å². The molecule has 0 radical (unpaired) electrons. The number of aromatic nitrogens is 2. The number of hydrogen-bond donors (Lipinski definition) is 1. The van der Waals surface area contributed by atoms with E-state index in [2.05, 4.69) is 39.1 Å². The van der Waals surface area contributed by atoms with Crippen LogP contribution < -0.4 is 5.32 Å². The van der Waals surface area contributed by atoms with Crippen molar-refractivity contribution in [2.45, 2.75) is 25.9 Å². The average molecular weight is 273 g/mol. The summed E-state index contributed by atoms with van der Waals surface area (Å²) in [4.78, 5) is 4.31. The van der Waals surface area contributed by atoms with Crippen LogP contribution in [-0.2, 0) is 6.54 Å². The van der Waals surface area contributed by atoms with Gasteiger partial charge in [-0.2, -0.15) is 11.8 Å². The molecule has 1 aromatic carbocycles. The second-order valence-electron chi connectivity index (χ2n) is 4.91. The van der Waals surface area contributed by atoms with Gasteiger partial charge >= 0.3 is 0 Å². The van der Waals surface area contributed by atoms with Gasteiger partial charge in [0.25, 0.3) is 0 Å². The smallest absolute Gasteiger partial charge is 0.110 e. The molecule has 0 amide bonds. The van der Waals surface area contributed by atoms with E-state index >= 15 is 0 Å². The third-order valence-corrected chi connectivity index (χ3v) is 4.75. The molecule has 0 bridgehead atoms. The molecule has 1 aliphatic rings. The van der Waals surface area contributed by atoms with Crippen molar-refractivity contribution in [3.8, 4) is 5.69 Å². The van der Waals surface area contributed by atoms with Crippen LogP contribution in [0.15, 0.2) is 36.7 Å². The first kappa shape index (κ1) is 12.8. The summed E-state index contributed by atoms with van der Waals surface area (Å²) in [6.07, 6.45) is 5.17. The fourth-order valence-corrected chi connectivity index (χ4v) is 3.66. The van der Waals surface area contributed by atoms with E-state index in [1.165, 1.54) is 29.2 Å². The molecule has 0 saturated carbocycles. The summed E-state index contributed by atoms with van der Waals surface area (Å²) < 4.78 is 2.15. The van der Waals surface area contributed by atoms with Crippen LogP contribution in [0, 0.1) is 6.92 Å². The van der Waals surface area contributed by atoms with Gasteiger partial charge in [-0.1, -0.05) is 18.2 Å². The molecule has 2 heterocycles. The molecule has 2 aromatic rings. The van der Waals surface area contributed by atoms with Gasteiger partial charge < -0.3 is 9.88 Å². The number of nitrogens with one attached hydrogen (secondary N) is 1. The molecule has 3 nitrogen and oxygen atoms in total. The van der Waals surface area contributed by atoms with Gasteiger partial charge in [0.15, 0.2) is 0 Å². The fraction of sp³-hybridized carbons (Fsp3) is 0.400. The van der Waals surface area contributed by atoms with Crippen LogP contribution >= 0.6 is 11.8 Å². The molecule has 0 spiro atoms. The lowest BCUT2D eigenvalue weighted by Gasteiger charge is -2.15. The molecule has 3 rings (SSSR count). The van der Waals surface area contributed by atoms with Crippen LogP contribution in [0.1, 0.15) is 17.8 Å². The second kappa shape index (κ2) is 5.80. The summed E-state index contributed by atoms with van der Waals surface area (Å²) in [6.45, 7) is 2.97. The van der Waals surface area contributed by atoms with E-state index in [9.17, 15) is 0 Å². The van der Waals surface area contributed by atoms with Gasteiger partial charge in [-0.25, -0.2) is 4.98 Å². The highest BCUT2D eigenvalue weighted by Crippen LogP contribution is 2.19. The minimum atomic E-state index is 0.668. The minimum absolute atomic E-state index is 0.668. The average Bonchev–Trinajstić information content (AvgIpc) is 3.08. The second-order valence-corrected chi connectivity index (χ2v) is 6.06. The van der Waals surface area contributed by atoms with Crippen molar-refractivity contribution in [3.05, 3.63) is 48.0 Å². The molecule has 1 saturated heterocycles. The Balaban J connectivity index is 1.79. The van der Waals surface area contributed by atoms with Gasteiger partial charge in [-0.05, 0) is 30.7 Å². The van der Waals surface area contributed by atoms with Gasteiger partial charge in [0.05, 0.1) is 5.69 Å². The number of thioether (sulfide) groups is 1. The van der Waals surface area contributed by atoms with E-state index in [1.54, 1.807) is 0 Å². The number of para-hydroxylation sites is 1. The standard InChI is InChI=1S/C15H19N3S/c1-12-16-7-8-18(12)15-5-3-2-4-13(15)10-17-14-6-9-19-11-14/h2-5,7-8,14,17H,6,9-11H2,1H3/t14-/m0/s1. The van der Waals surface area contributed by atoms with Crippen molar-refractivity contribution < 1.29 is 0 Å². The maximum absolute atomic E-state index is 4.31. The summed E-state index contributed by atoms with van der Waals surface area (Å²) >= 11 is 2.04. The Kier molecular flexibility index (Phi) is 3.89. The largest absolute Gasteiger partial charge is 0.309 e. The van der Waals surface area contributed by atoms with E-state index < -0.39 is 0 Å². The third-order valence-electron chi connectivity index (χ3n) is 3.59. The normalized spacial score (nSPS) is 18.9. The predicted octanol–water partition coefficient (Wildman–Crippen LogP) is 2.78. The number of rotatable bonds is 4. The number of aryl methyl sites for hydroxylation is 1. The molecule has 100 valence electrons. The summed E-state index contributed by atoms with van der Waals surface area (Å²) in [5.74, 6) is 3.57. The summed E-state index contributed by atoms with van der Waals surface area (Å²) in [5, 5.41) is 3.67. The summed E-state index contributed by atoms with van der Waals surface area (Å²) in [5.41, 5.74) is 2.57. The van der Waals surface area contributed by atoms with E-state index in [4.69, 9.17) is 0 Å². The molecule has 0 aliphatic carbocycles. The van der Waals surface area contributed by atoms with Gasteiger partial charge in [0, 0.05) is 30.7 Å². The quantitative estimate of drug-likeness (QED) is 0.929. The summed E-state index contributed by atoms with van der Waals surface area (Å²) in [6, 6.07) is 9.22. The van der Waals surface area contributed by atoms with Crippen molar-refractivity contribution in [2.24, 2.45) is 0 Å². The van der Waals surface area contributed by atoms with Crippen molar-refractivity contribution in [3.63, 3.8) is 0 Å². The molecular weight excluding hydrogens is 254 g/mol. The van der Waals surface area contributed by atoms with Gasteiger partial charge in [0.1, 0.15) is 5.82 Å². The zero-order valence-electron chi connectivity index (χ0n) is 11.2. The van der Waals surface area contributed by atoms with E-state index in [0.29, 0.717) is 6.04 Å². The molecule has 1 N–H and O–H groups in total. The lowest BCUT2D eigenvalue weighted by atomic mass is 10.1. The first-order valence-electron chi connectivity index (χ1n) is 6.74. The van der Waals surface area contributed by atoms with E-state index in [0.717, 1.165) is 12.4 Å². The highest BCUT2D eigenvalue weighted by atomic mass is 32.2. The Morgan fingerprint density at radius 1 is 1.42 bits per heavy atom. The molecule has 1 aliphatic heterocycles. The lowest BCUT2D eigenvalue weighted by Crippen LogP contribution is -2.28. The van der Waals surface area contributed by atoms with Crippen LogP contribution in [0.2, 0.25) is 0 Å². The molecular formula is C15H19N3S. The minimum Gasteiger partial charge on any atom is -0.309 e. The number of hydrogen-bond acceptors (Lipinski definition) is 3. The Morgan fingerprint density at radius 3 is 3.05 bits per heavy atom. The molecule has 0 unspecified atom stereocenters. The fourth-order valence-electron chi connectivity index (χ4n) is 2.48. The van der Waals surface area contributed by atoms with Crippen molar-refractivity contribution >= 4 is 11.8 Å². The maximum Gasteiger partial charge on any atom is 0.110 e. The first-order chi connectivity index (χ1) is 9.34. The van der Waals surface area contributed by atoms with Gasteiger partial charge in [-0.3, -0.25) is 0 Å². The predicted molar refractivity (Wildman–Crippen MR) is 80.9 cm³/mol. The molecule has 19 heavy (non-hydrogen) atoms. The number of benzene rings is 1. The highest BCUT2D eigenvalue weighted by molar-refractivity contribution is 7.99. The zero-order valence-corrected chi connectivity index (χ0v) is 12.0. The monoisotopic (exact) mass is 273 g/mol. The Morgan fingerprint density at radius 2 is 2.32 bits per heavy atom. The van der Waals surface area contributed by atoms with Crippen LogP contribution in [0.4, 0.5) is 0 Å². The van der Waals surface area contributed by atoms with Crippen molar-refractivity contribution in [1.82, 2.24) is 14.9 Å². The van der Waals surface area contributed by atoms with Crippen LogP contribution in [0.3, 0.4) is 0 Å². The lowest BCUT2D eigenvalue weighted by molar-refractivity contribution is 0.557. The Hall–Kier alpha value is -1.26. The van der Waals surface area contributed by atoms with Crippen LogP contribution in [0.5, 0.6) is 0 Å². The van der Waals surface area contributed by atoms with Gasteiger partial charge in [0.2, 0.25) is 0 Å². The molecule has 1 fully saturated rings. The van der Waals surface area contributed by atoms with E-state index in [1.807, 2.05) is 31.1 Å². The third kappa shape index (κ3) is 2.85. The van der Waals surface area contributed by atoms with Crippen molar-refractivity contribution in [1.29, 1.82) is 0 Å². The number of imidazole rings is 1. The SMILES string of the molecule is Cc1nccn1-c1ccccc1CN[C@H]1CCSC1. The van der Waals surface area contributed by atoms with E-state index in [-0.39, 0.29) is 0 Å². The van der Waals surface area contributed by atoms with Crippen LogP contribution in [-0.4, -0.2) is 27.1 Å². The highest BCUT2D eigenvalue weighted by Gasteiger charge is 2.15. The van der Waals surface area contributed by atoms with Crippen LogP contribution in [0.25, 0.3) is 5.69 Å². The number of nitrogens with zero attached hydrogens (tertiary/aromatic N) is 2. The Labute approximate surface area is 118 Å². The summed E-state index contributed by atoms with van der Waals surface area (Å²) in [7, 11) is 0. The zero-order chi connectivity index (χ0) is 13.1. The Bertz CT molecular complexity index is 544. The topological polar surface area (TPSA) is 29.9 Å². The maximum atomic E-state index is 4.31.